The third-order valence-electron chi connectivity index (χ3n) is 5.76. The SMILES string of the molecule is CC(=O)c1ccc(N2CCN(C(=O)COC(=O)COc3ccc4ccccc4c3)CC2)c(F)c1. The molecule has 1 aliphatic heterocycles. The highest BCUT2D eigenvalue weighted by Gasteiger charge is 2.24. The first-order valence-electron chi connectivity index (χ1n) is 11.0. The molecule has 0 N–H and O–H groups in total. The molecular weight excluding hydrogens is 439 g/mol. The molecule has 0 atom stereocenters. The number of benzene rings is 3. The van der Waals surface area contributed by atoms with Gasteiger partial charge in [-0.25, -0.2) is 9.18 Å². The van der Waals surface area contributed by atoms with Crippen LogP contribution in [0.3, 0.4) is 0 Å². The van der Waals surface area contributed by atoms with Crippen LogP contribution >= 0.6 is 0 Å². The van der Waals surface area contributed by atoms with Gasteiger partial charge in [-0.1, -0.05) is 30.3 Å². The van der Waals surface area contributed by atoms with Crippen LogP contribution in [0.2, 0.25) is 0 Å². The minimum Gasteiger partial charge on any atom is -0.482 e. The number of ketones is 1. The van der Waals surface area contributed by atoms with E-state index in [4.69, 9.17) is 9.47 Å². The number of carbonyl (C=O) groups excluding carboxylic acids is 3. The Kier molecular flexibility index (Phi) is 7.06. The van der Waals surface area contributed by atoms with Crippen LogP contribution in [0.25, 0.3) is 10.8 Å². The molecule has 7 nitrogen and oxygen atoms in total. The van der Waals surface area contributed by atoms with Gasteiger partial charge in [-0.05, 0) is 48.0 Å². The highest BCUT2D eigenvalue weighted by atomic mass is 19.1. The van der Waals surface area contributed by atoms with Gasteiger partial charge in [0.1, 0.15) is 11.6 Å². The van der Waals surface area contributed by atoms with Gasteiger partial charge in [-0.15, -0.1) is 0 Å². The molecule has 1 saturated heterocycles. The van der Waals surface area contributed by atoms with E-state index in [-0.39, 0.29) is 24.9 Å². The molecule has 34 heavy (non-hydrogen) atoms. The lowest BCUT2D eigenvalue weighted by Crippen LogP contribution is -2.50. The van der Waals surface area contributed by atoms with Gasteiger partial charge < -0.3 is 19.3 Å². The molecule has 0 aliphatic carbocycles. The third-order valence-corrected chi connectivity index (χ3v) is 5.76. The zero-order valence-electron chi connectivity index (χ0n) is 18.8. The average molecular weight is 464 g/mol. The van der Waals surface area contributed by atoms with Crippen LogP contribution in [0.5, 0.6) is 5.75 Å². The van der Waals surface area contributed by atoms with E-state index in [1.807, 2.05) is 41.3 Å². The number of halogens is 1. The van der Waals surface area contributed by atoms with Crippen LogP contribution in [0.4, 0.5) is 10.1 Å². The van der Waals surface area contributed by atoms with Crippen molar-refractivity contribution in [3.05, 3.63) is 72.0 Å². The molecule has 1 fully saturated rings. The third kappa shape index (κ3) is 5.51. The Morgan fingerprint density at radius 1 is 0.882 bits per heavy atom. The Morgan fingerprint density at radius 2 is 1.62 bits per heavy atom. The molecule has 3 aromatic carbocycles. The summed E-state index contributed by atoms with van der Waals surface area (Å²) in [5.41, 5.74) is 0.718. The molecule has 3 aromatic rings. The monoisotopic (exact) mass is 464 g/mol. The van der Waals surface area contributed by atoms with Gasteiger partial charge in [-0.3, -0.25) is 9.59 Å². The second-order valence-corrected chi connectivity index (χ2v) is 8.05. The normalized spacial score (nSPS) is 13.6. The van der Waals surface area contributed by atoms with Crippen molar-refractivity contribution in [2.75, 3.05) is 44.3 Å². The number of piperazine rings is 1. The molecule has 176 valence electrons. The van der Waals surface area contributed by atoms with Crippen molar-refractivity contribution in [1.82, 2.24) is 4.90 Å². The van der Waals surface area contributed by atoms with E-state index in [1.54, 1.807) is 23.1 Å². The highest BCUT2D eigenvalue weighted by molar-refractivity contribution is 5.94. The number of esters is 1. The number of hydrogen-bond donors (Lipinski definition) is 0. The number of amides is 1. The van der Waals surface area contributed by atoms with E-state index in [2.05, 4.69) is 0 Å². The van der Waals surface area contributed by atoms with Crippen molar-refractivity contribution in [2.45, 2.75) is 6.92 Å². The van der Waals surface area contributed by atoms with Crippen molar-refractivity contribution in [2.24, 2.45) is 0 Å². The Balaban J connectivity index is 1.21. The molecule has 8 heteroatoms. The average Bonchev–Trinajstić information content (AvgIpc) is 2.86. The number of carbonyl (C=O) groups is 3. The van der Waals surface area contributed by atoms with Crippen molar-refractivity contribution in [1.29, 1.82) is 0 Å². The fraction of sp³-hybridized carbons (Fsp3) is 0.269. The van der Waals surface area contributed by atoms with Crippen LogP contribution in [-0.2, 0) is 14.3 Å². The summed E-state index contributed by atoms with van der Waals surface area (Å²) in [6.07, 6.45) is 0. The van der Waals surface area contributed by atoms with E-state index < -0.39 is 11.8 Å². The predicted molar refractivity (Wildman–Crippen MR) is 126 cm³/mol. The van der Waals surface area contributed by atoms with Crippen molar-refractivity contribution in [3.63, 3.8) is 0 Å². The van der Waals surface area contributed by atoms with Gasteiger partial charge in [0.05, 0.1) is 5.69 Å². The lowest BCUT2D eigenvalue weighted by Gasteiger charge is -2.36. The quantitative estimate of drug-likeness (QED) is 0.394. The zero-order valence-corrected chi connectivity index (χ0v) is 18.8. The number of fused-ring (bicyclic) bond motifs is 1. The number of rotatable bonds is 7. The first-order chi connectivity index (χ1) is 16.4. The summed E-state index contributed by atoms with van der Waals surface area (Å²) >= 11 is 0. The van der Waals surface area contributed by atoms with Crippen LogP contribution in [0, 0.1) is 5.82 Å². The summed E-state index contributed by atoms with van der Waals surface area (Å²) in [6, 6.07) is 17.7. The van der Waals surface area contributed by atoms with Crippen LogP contribution in [0.1, 0.15) is 17.3 Å². The maximum absolute atomic E-state index is 14.4. The fourth-order valence-corrected chi connectivity index (χ4v) is 3.85. The molecule has 1 heterocycles. The second kappa shape index (κ2) is 10.3. The Hall–Kier alpha value is -3.94. The van der Waals surface area contributed by atoms with E-state index in [0.717, 1.165) is 10.8 Å². The molecule has 1 aliphatic rings. The second-order valence-electron chi connectivity index (χ2n) is 8.05. The number of anilines is 1. The standard InChI is InChI=1S/C26H25FN2O5/c1-18(30)20-7-9-24(23(27)15-20)28-10-12-29(13-11-28)25(31)16-34-26(32)17-33-22-8-6-19-4-2-3-5-21(19)14-22/h2-9,14-15H,10-13,16-17H2,1H3. The molecule has 0 saturated carbocycles. The van der Waals surface area contributed by atoms with E-state index in [9.17, 15) is 18.8 Å². The first-order valence-corrected chi connectivity index (χ1v) is 11.0. The Labute approximate surface area is 196 Å². The molecule has 0 radical (unpaired) electrons. The molecule has 0 aromatic heterocycles. The Bertz CT molecular complexity index is 1220. The number of Topliss-reactive ketones (excluding diaryl/α,β-unsaturated/α-hetero) is 1. The van der Waals surface area contributed by atoms with Gasteiger partial charge in [0, 0.05) is 31.7 Å². The highest BCUT2D eigenvalue weighted by Crippen LogP contribution is 2.23. The molecule has 0 bridgehead atoms. The number of hydrogen-bond acceptors (Lipinski definition) is 6. The lowest BCUT2D eigenvalue weighted by atomic mass is 10.1. The zero-order chi connectivity index (χ0) is 24.1. The summed E-state index contributed by atoms with van der Waals surface area (Å²) < 4.78 is 24.9. The number of nitrogens with zero attached hydrogens (tertiary/aromatic N) is 2. The summed E-state index contributed by atoms with van der Waals surface area (Å²) in [5.74, 6) is -1.06. The van der Waals surface area contributed by atoms with Crippen molar-refractivity contribution in [3.8, 4) is 5.75 Å². The molecule has 0 spiro atoms. The summed E-state index contributed by atoms with van der Waals surface area (Å²) in [6.45, 7) is 2.33. The van der Waals surface area contributed by atoms with Crippen LogP contribution < -0.4 is 9.64 Å². The van der Waals surface area contributed by atoms with Crippen molar-refractivity contribution >= 4 is 34.1 Å². The van der Waals surface area contributed by atoms with Crippen molar-refractivity contribution < 1.29 is 28.2 Å². The largest absolute Gasteiger partial charge is 0.482 e. The minimum absolute atomic E-state index is 0.196. The minimum atomic E-state index is -0.632. The smallest absolute Gasteiger partial charge is 0.344 e. The molecule has 4 rings (SSSR count). The molecule has 1 amide bonds. The van der Waals surface area contributed by atoms with Crippen LogP contribution in [0.15, 0.2) is 60.7 Å². The maximum Gasteiger partial charge on any atom is 0.344 e. The van der Waals surface area contributed by atoms with Gasteiger partial charge in [0.25, 0.3) is 5.91 Å². The number of ether oxygens (including phenoxy) is 2. The van der Waals surface area contributed by atoms with Gasteiger partial charge in [-0.2, -0.15) is 0 Å². The van der Waals surface area contributed by atoms with E-state index >= 15 is 0 Å². The lowest BCUT2D eigenvalue weighted by molar-refractivity contribution is -0.153. The maximum atomic E-state index is 14.4. The van der Waals surface area contributed by atoms with E-state index in [0.29, 0.717) is 43.2 Å². The van der Waals surface area contributed by atoms with Gasteiger partial charge in [0.15, 0.2) is 19.0 Å². The summed E-state index contributed by atoms with van der Waals surface area (Å²) in [7, 11) is 0. The van der Waals surface area contributed by atoms with E-state index in [1.165, 1.54) is 13.0 Å². The summed E-state index contributed by atoms with van der Waals surface area (Å²) in [4.78, 5) is 39.3. The first kappa shape index (κ1) is 23.2. The Morgan fingerprint density at radius 3 is 2.32 bits per heavy atom. The van der Waals surface area contributed by atoms with Gasteiger partial charge >= 0.3 is 5.97 Å². The predicted octanol–water partition coefficient (Wildman–Crippen LogP) is 3.45. The molecular formula is C26H25FN2O5. The summed E-state index contributed by atoms with van der Waals surface area (Å²) in [5, 5.41) is 2.07. The molecule has 0 unspecified atom stereocenters. The van der Waals surface area contributed by atoms with Gasteiger partial charge in [0.2, 0.25) is 0 Å². The topological polar surface area (TPSA) is 76.2 Å². The van der Waals surface area contributed by atoms with Crippen LogP contribution in [-0.4, -0.2) is 62.0 Å². The fourth-order valence-electron chi connectivity index (χ4n) is 3.85.